The first-order chi connectivity index (χ1) is 7.66. The minimum Gasteiger partial charge on any atom is -0.295 e. The number of nitrogens with one attached hydrogen (secondary N) is 1. The van der Waals surface area contributed by atoms with E-state index in [4.69, 9.17) is 11.6 Å². The third-order valence-electron chi connectivity index (χ3n) is 1.70. The number of rotatable bonds is 2. The van der Waals surface area contributed by atoms with Crippen molar-refractivity contribution in [3.05, 3.63) is 33.3 Å². The van der Waals surface area contributed by atoms with Crippen molar-refractivity contribution < 1.29 is 4.79 Å². The summed E-state index contributed by atoms with van der Waals surface area (Å²) in [6.07, 6.45) is 0. The maximum absolute atomic E-state index is 11.7. The summed E-state index contributed by atoms with van der Waals surface area (Å²) < 4.78 is 4.20. The Morgan fingerprint density at radius 1 is 1.50 bits per heavy atom. The van der Waals surface area contributed by atoms with Gasteiger partial charge in [0, 0.05) is 21.6 Å². The highest BCUT2D eigenvalue weighted by Crippen LogP contribution is 2.23. The van der Waals surface area contributed by atoms with Gasteiger partial charge in [-0.25, -0.2) is 0 Å². The van der Waals surface area contributed by atoms with Crippen molar-refractivity contribution in [2.24, 2.45) is 0 Å². The highest BCUT2D eigenvalue weighted by atomic mass is 79.9. The topological polar surface area (TPSA) is 67.8 Å². The van der Waals surface area contributed by atoms with E-state index in [-0.39, 0.29) is 5.91 Å². The summed E-state index contributed by atoms with van der Waals surface area (Å²) in [4.78, 5) is 11.7. The molecule has 0 spiro atoms. The van der Waals surface area contributed by atoms with Gasteiger partial charge in [-0.1, -0.05) is 21.2 Å². The quantitative estimate of drug-likeness (QED) is 0.924. The van der Waals surface area contributed by atoms with Gasteiger partial charge in [0.1, 0.15) is 0 Å². The van der Waals surface area contributed by atoms with E-state index < -0.39 is 0 Å². The Morgan fingerprint density at radius 3 is 2.94 bits per heavy atom. The number of aromatic nitrogens is 3. The summed E-state index contributed by atoms with van der Waals surface area (Å²) in [5.74, 6) is -0.282. The molecule has 1 amide bonds. The highest BCUT2D eigenvalue weighted by Gasteiger charge is 2.09. The Kier molecular flexibility index (Phi) is 3.47. The number of nitrogens with zero attached hydrogens (tertiary/aromatic N) is 3. The third-order valence-corrected chi connectivity index (χ3v) is 3.43. The van der Waals surface area contributed by atoms with Crippen LogP contribution < -0.4 is 5.32 Å². The molecule has 0 aliphatic heterocycles. The van der Waals surface area contributed by atoms with Crippen LogP contribution in [0.4, 0.5) is 5.13 Å². The lowest BCUT2D eigenvalue weighted by Crippen LogP contribution is -2.11. The Bertz CT molecular complexity index is 519. The Morgan fingerprint density at radius 2 is 2.31 bits per heavy atom. The van der Waals surface area contributed by atoms with Gasteiger partial charge >= 0.3 is 0 Å². The molecule has 0 saturated heterocycles. The summed E-state index contributed by atoms with van der Waals surface area (Å²) in [5, 5.41) is 10.5. The van der Waals surface area contributed by atoms with E-state index >= 15 is 0 Å². The van der Waals surface area contributed by atoms with Crippen LogP contribution in [0, 0.1) is 0 Å². The van der Waals surface area contributed by atoms with Crippen molar-refractivity contribution in [1.82, 2.24) is 14.8 Å². The lowest BCUT2D eigenvalue weighted by Gasteiger charge is -2.02. The third kappa shape index (κ3) is 2.55. The monoisotopic (exact) mass is 318 g/mol. The normalized spacial score (nSPS) is 10.1. The van der Waals surface area contributed by atoms with E-state index in [1.165, 1.54) is 0 Å². The van der Waals surface area contributed by atoms with Gasteiger partial charge in [-0.2, -0.15) is 0 Å². The molecule has 0 atom stereocenters. The molecule has 0 fully saturated rings. The molecule has 5 nitrogen and oxygen atoms in total. The summed E-state index contributed by atoms with van der Waals surface area (Å²) >= 11 is 10.1. The first-order valence-corrected chi connectivity index (χ1v) is 6.02. The molecule has 1 aromatic heterocycles. The van der Waals surface area contributed by atoms with Crippen LogP contribution in [0.25, 0.3) is 0 Å². The van der Waals surface area contributed by atoms with E-state index in [1.807, 2.05) is 0 Å². The van der Waals surface area contributed by atoms with Gasteiger partial charge in [0.05, 0.1) is 5.02 Å². The minimum atomic E-state index is -0.282. The van der Waals surface area contributed by atoms with E-state index in [0.29, 0.717) is 20.2 Å². The van der Waals surface area contributed by atoms with Gasteiger partial charge in [0.25, 0.3) is 5.91 Å². The lowest BCUT2D eigenvalue weighted by molar-refractivity contribution is 0.102. The first kappa shape index (κ1) is 11.4. The molecule has 1 N–H and O–H groups in total. The molecule has 0 saturated carbocycles. The number of halogens is 2. The fourth-order valence-corrected chi connectivity index (χ4v) is 1.85. The molecule has 8 heteroatoms. The molecular formula is C8H4BrClN4OS. The second-order valence-corrected chi connectivity index (χ2v) is 4.74. The van der Waals surface area contributed by atoms with Crippen molar-refractivity contribution >= 4 is 50.1 Å². The minimum absolute atomic E-state index is 0.282. The Labute approximate surface area is 108 Å². The van der Waals surface area contributed by atoms with E-state index in [2.05, 4.69) is 36.0 Å². The standard InChI is InChI=1S/C8H4BrClN4OS/c9-5-3-4(1-2-6(5)10)7(15)11-8-12-13-14-16-8/h1-3H,(H,11,12,14,15). The molecule has 0 bridgehead atoms. The van der Waals surface area contributed by atoms with E-state index in [1.54, 1.807) is 18.2 Å². The number of carbonyl (C=O) groups excluding carboxylic acids is 1. The molecule has 0 aliphatic carbocycles. The Balaban J connectivity index is 2.18. The van der Waals surface area contributed by atoms with Gasteiger partial charge in [-0.05, 0) is 39.3 Å². The van der Waals surface area contributed by atoms with Gasteiger partial charge < -0.3 is 0 Å². The molecule has 82 valence electrons. The summed E-state index contributed by atoms with van der Waals surface area (Å²) in [6, 6.07) is 4.89. The highest BCUT2D eigenvalue weighted by molar-refractivity contribution is 9.10. The largest absolute Gasteiger partial charge is 0.295 e. The van der Waals surface area contributed by atoms with Crippen molar-refractivity contribution in [3.8, 4) is 0 Å². The number of carbonyl (C=O) groups is 1. The zero-order valence-electron chi connectivity index (χ0n) is 7.65. The van der Waals surface area contributed by atoms with Crippen LogP contribution in [-0.4, -0.2) is 20.7 Å². The predicted octanol–water partition coefficient (Wildman–Crippen LogP) is 2.60. The van der Waals surface area contributed by atoms with Crippen molar-refractivity contribution in [1.29, 1.82) is 0 Å². The average molecular weight is 320 g/mol. The second-order valence-electron chi connectivity index (χ2n) is 2.75. The van der Waals surface area contributed by atoms with Crippen molar-refractivity contribution in [2.45, 2.75) is 0 Å². The maximum Gasteiger partial charge on any atom is 0.257 e. The zero-order chi connectivity index (χ0) is 11.5. The van der Waals surface area contributed by atoms with Gasteiger partial charge in [-0.15, -0.1) is 0 Å². The van der Waals surface area contributed by atoms with Crippen LogP contribution in [0.3, 0.4) is 0 Å². The summed E-state index contributed by atoms with van der Waals surface area (Å²) in [5.41, 5.74) is 0.478. The van der Waals surface area contributed by atoms with Gasteiger partial charge in [0.2, 0.25) is 5.13 Å². The molecule has 16 heavy (non-hydrogen) atoms. The van der Waals surface area contributed by atoms with Crippen LogP contribution in [0.5, 0.6) is 0 Å². The second kappa shape index (κ2) is 4.86. The molecule has 0 unspecified atom stereocenters. The molecule has 0 aliphatic rings. The molecule has 1 heterocycles. The van der Waals surface area contributed by atoms with Crippen LogP contribution in [-0.2, 0) is 0 Å². The number of benzene rings is 1. The number of hydrogen-bond donors (Lipinski definition) is 1. The summed E-state index contributed by atoms with van der Waals surface area (Å²) in [7, 11) is 0. The average Bonchev–Trinajstić information content (AvgIpc) is 2.74. The van der Waals surface area contributed by atoms with E-state index in [0.717, 1.165) is 11.5 Å². The van der Waals surface area contributed by atoms with Gasteiger partial charge in [-0.3, -0.25) is 10.1 Å². The SMILES string of the molecule is O=C(Nc1nnns1)c1ccc(Cl)c(Br)c1. The maximum atomic E-state index is 11.7. The van der Waals surface area contributed by atoms with Gasteiger partial charge in [0.15, 0.2) is 0 Å². The smallest absolute Gasteiger partial charge is 0.257 e. The molecule has 1 aromatic carbocycles. The summed E-state index contributed by atoms with van der Waals surface area (Å²) in [6.45, 7) is 0. The van der Waals surface area contributed by atoms with Crippen molar-refractivity contribution in [3.63, 3.8) is 0 Å². The first-order valence-electron chi connectivity index (χ1n) is 4.08. The lowest BCUT2D eigenvalue weighted by atomic mass is 10.2. The van der Waals surface area contributed by atoms with E-state index in [9.17, 15) is 4.79 Å². The number of hydrogen-bond acceptors (Lipinski definition) is 5. The molecule has 2 aromatic rings. The zero-order valence-corrected chi connectivity index (χ0v) is 10.8. The van der Waals surface area contributed by atoms with Crippen LogP contribution >= 0.6 is 39.1 Å². The Hall–Kier alpha value is -1.05. The van der Waals surface area contributed by atoms with Crippen molar-refractivity contribution in [2.75, 3.05) is 5.32 Å². The predicted molar refractivity (Wildman–Crippen MR) is 64.8 cm³/mol. The molecular weight excluding hydrogens is 316 g/mol. The number of amides is 1. The fraction of sp³-hybridized carbons (Fsp3) is 0. The fourth-order valence-electron chi connectivity index (χ4n) is 0.989. The van der Waals surface area contributed by atoms with Crippen LogP contribution in [0.15, 0.2) is 22.7 Å². The molecule has 0 radical (unpaired) electrons. The van der Waals surface area contributed by atoms with Crippen LogP contribution in [0.2, 0.25) is 5.02 Å². The molecule has 2 rings (SSSR count). The van der Waals surface area contributed by atoms with Crippen LogP contribution in [0.1, 0.15) is 10.4 Å². The number of anilines is 1.